The van der Waals surface area contributed by atoms with Gasteiger partial charge in [0.25, 0.3) is 0 Å². The highest BCUT2D eigenvalue weighted by atomic mass is 16.5. The van der Waals surface area contributed by atoms with E-state index < -0.39 is 0 Å². The number of hydrogen-bond donors (Lipinski definition) is 2. The van der Waals surface area contributed by atoms with Crippen LogP contribution in [0.3, 0.4) is 0 Å². The van der Waals surface area contributed by atoms with Crippen molar-refractivity contribution in [3.05, 3.63) is 23.8 Å². The van der Waals surface area contributed by atoms with Crippen molar-refractivity contribution in [2.24, 2.45) is 5.92 Å². The molecule has 0 aliphatic heterocycles. The standard InChI is InChI=1S/C17H26N2O2/c1-13-8-9-15(19-17(20)11-18-2)10-16(13)21-12-14-6-4-3-5-7-14/h8-10,14,18H,3-7,11-12H2,1-2H3,(H,19,20). The van der Waals surface area contributed by atoms with Gasteiger partial charge in [0.15, 0.2) is 0 Å². The fourth-order valence-electron chi connectivity index (χ4n) is 2.76. The van der Waals surface area contributed by atoms with E-state index in [0.717, 1.165) is 23.6 Å². The van der Waals surface area contributed by atoms with Crippen LogP contribution in [0.5, 0.6) is 5.75 Å². The van der Waals surface area contributed by atoms with Gasteiger partial charge >= 0.3 is 0 Å². The first kappa shape index (κ1) is 15.8. The molecule has 0 aromatic heterocycles. The Labute approximate surface area is 127 Å². The van der Waals surface area contributed by atoms with Crippen LogP contribution in [0.2, 0.25) is 0 Å². The average Bonchev–Trinajstić information content (AvgIpc) is 2.49. The van der Waals surface area contributed by atoms with Gasteiger partial charge in [-0.3, -0.25) is 4.79 Å². The maximum Gasteiger partial charge on any atom is 0.238 e. The number of anilines is 1. The molecule has 1 aliphatic rings. The lowest BCUT2D eigenvalue weighted by Crippen LogP contribution is -2.25. The minimum Gasteiger partial charge on any atom is -0.493 e. The molecule has 4 heteroatoms. The smallest absolute Gasteiger partial charge is 0.238 e. The van der Waals surface area contributed by atoms with Crippen molar-refractivity contribution in [3.63, 3.8) is 0 Å². The van der Waals surface area contributed by atoms with E-state index in [1.165, 1.54) is 32.1 Å². The van der Waals surface area contributed by atoms with Crippen LogP contribution < -0.4 is 15.4 Å². The summed E-state index contributed by atoms with van der Waals surface area (Å²) in [6.45, 7) is 3.14. The van der Waals surface area contributed by atoms with Crippen LogP contribution in [-0.2, 0) is 4.79 Å². The molecular formula is C17H26N2O2. The SMILES string of the molecule is CNCC(=O)Nc1ccc(C)c(OCC2CCCCC2)c1. The van der Waals surface area contributed by atoms with Crippen LogP contribution in [0.1, 0.15) is 37.7 Å². The number of carbonyl (C=O) groups excluding carboxylic acids is 1. The summed E-state index contributed by atoms with van der Waals surface area (Å²) >= 11 is 0. The summed E-state index contributed by atoms with van der Waals surface area (Å²) in [7, 11) is 1.76. The molecule has 1 aromatic rings. The zero-order valence-electron chi connectivity index (χ0n) is 13.1. The van der Waals surface area contributed by atoms with Crippen LogP contribution >= 0.6 is 0 Å². The number of ether oxygens (including phenoxy) is 1. The highest BCUT2D eigenvalue weighted by Crippen LogP contribution is 2.27. The van der Waals surface area contributed by atoms with Crippen LogP contribution in [0.25, 0.3) is 0 Å². The topological polar surface area (TPSA) is 50.4 Å². The van der Waals surface area contributed by atoms with Gasteiger partial charge in [-0.25, -0.2) is 0 Å². The monoisotopic (exact) mass is 290 g/mol. The molecule has 21 heavy (non-hydrogen) atoms. The van der Waals surface area contributed by atoms with Crippen molar-refractivity contribution in [2.75, 3.05) is 25.5 Å². The van der Waals surface area contributed by atoms with Crippen LogP contribution in [0.15, 0.2) is 18.2 Å². The Balaban J connectivity index is 1.93. The molecule has 2 rings (SSSR count). The van der Waals surface area contributed by atoms with E-state index >= 15 is 0 Å². The first-order valence-electron chi connectivity index (χ1n) is 7.87. The third kappa shape index (κ3) is 5.05. The maximum absolute atomic E-state index is 11.6. The zero-order chi connectivity index (χ0) is 15.1. The number of carbonyl (C=O) groups is 1. The first-order valence-corrected chi connectivity index (χ1v) is 7.87. The second kappa shape index (κ2) is 8.03. The average molecular weight is 290 g/mol. The van der Waals surface area contributed by atoms with Crippen molar-refractivity contribution in [1.82, 2.24) is 5.32 Å². The van der Waals surface area contributed by atoms with Gasteiger partial charge in [-0.05, 0) is 44.4 Å². The van der Waals surface area contributed by atoms with Crippen LogP contribution in [0.4, 0.5) is 5.69 Å². The summed E-state index contributed by atoms with van der Waals surface area (Å²) in [5.41, 5.74) is 1.90. The lowest BCUT2D eigenvalue weighted by atomic mass is 9.90. The van der Waals surface area contributed by atoms with Crippen molar-refractivity contribution < 1.29 is 9.53 Å². The summed E-state index contributed by atoms with van der Waals surface area (Å²) in [6, 6.07) is 5.83. The minimum atomic E-state index is -0.0421. The second-order valence-electron chi connectivity index (χ2n) is 5.87. The van der Waals surface area contributed by atoms with E-state index in [-0.39, 0.29) is 5.91 Å². The number of benzene rings is 1. The van der Waals surface area contributed by atoms with Gasteiger partial charge in [0.05, 0.1) is 13.2 Å². The number of amides is 1. The molecule has 1 fully saturated rings. The van der Waals surface area contributed by atoms with Crippen molar-refractivity contribution in [2.45, 2.75) is 39.0 Å². The van der Waals surface area contributed by atoms with Gasteiger partial charge in [0.2, 0.25) is 5.91 Å². The highest BCUT2D eigenvalue weighted by Gasteiger charge is 2.14. The molecule has 0 heterocycles. The molecule has 1 saturated carbocycles. The molecular weight excluding hydrogens is 264 g/mol. The van der Waals surface area contributed by atoms with Gasteiger partial charge < -0.3 is 15.4 Å². The number of likely N-dealkylation sites (N-methyl/N-ethyl adjacent to an activating group) is 1. The van der Waals surface area contributed by atoms with E-state index in [9.17, 15) is 4.79 Å². The molecule has 0 unspecified atom stereocenters. The molecule has 1 aromatic carbocycles. The number of hydrogen-bond acceptors (Lipinski definition) is 3. The second-order valence-corrected chi connectivity index (χ2v) is 5.87. The summed E-state index contributed by atoms with van der Waals surface area (Å²) in [5.74, 6) is 1.52. The van der Waals surface area contributed by atoms with Crippen LogP contribution in [-0.4, -0.2) is 26.1 Å². The quantitative estimate of drug-likeness (QED) is 0.846. The number of rotatable bonds is 6. The van der Waals surface area contributed by atoms with E-state index in [2.05, 4.69) is 10.6 Å². The fourth-order valence-corrected chi connectivity index (χ4v) is 2.76. The van der Waals surface area contributed by atoms with Gasteiger partial charge in [0, 0.05) is 11.8 Å². The fraction of sp³-hybridized carbons (Fsp3) is 0.588. The van der Waals surface area contributed by atoms with Gasteiger partial charge in [-0.1, -0.05) is 25.3 Å². The number of aryl methyl sites for hydroxylation is 1. The molecule has 0 radical (unpaired) electrons. The molecule has 1 aliphatic carbocycles. The molecule has 2 N–H and O–H groups in total. The molecule has 0 bridgehead atoms. The Kier molecular flexibility index (Phi) is 6.05. The Morgan fingerprint density at radius 1 is 1.29 bits per heavy atom. The highest BCUT2D eigenvalue weighted by molar-refractivity contribution is 5.92. The van der Waals surface area contributed by atoms with Gasteiger partial charge in [-0.2, -0.15) is 0 Å². The summed E-state index contributed by atoms with van der Waals surface area (Å²) in [4.78, 5) is 11.6. The predicted molar refractivity (Wildman–Crippen MR) is 85.8 cm³/mol. The van der Waals surface area contributed by atoms with Crippen molar-refractivity contribution in [3.8, 4) is 5.75 Å². The third-order valence-corrected chi connectivity index (χ3v) is 4.01. The van der Waals surface area contributed by atoms with Gasteiger partial charge in [-0.15, -0.1) is 0 Å². The predicted octanol–water partition coefficient (Wildman–Crippen LogP) is 3.11. The van der Waals surface area contributed by atoms with E-state index in [1.54, 1.807) is 7.05 Å². The summed E-state index contributed by atoms with van der Waals surface area (Å²) < 4.78 is 5.99. The molecule has 1 amide bonds. The lowest BCUT2D eigenvalue weighted by molar-refractivity contribution is -0.115. The minimum absolute atomic E-state index is 0.0421. The Morgan fingerprint density at radius 2 is 2.05 bits per heavy atom. The molecule has 4 nitrogen and oxygen atoms in total. The van der Waals surface area contributed by atoms with Crippen molar-refractivity contribution in [1.29, 1.82) is 0 Å². The summed E-state index contributed by atoms with van der Waals surface area (Å²) in [6.07, 6.45) is 6.57. The molecule has 0 saturated heterocycles. The Morgan fingerprint density at radius 3 is 2.76 bits per heavy atom. The lowest BCUT2D eigenvalue weighted by Gasteiger charge is -2.22. The van der Waals surface area contributed by atoms with Crippen molar-refractivity contribution >= 4 is 11.6 Å². The maximum atomic E-state index is 11.6. The molecule has 0 spiro atoms. The first-order chi connectivity index (χ1) is 10.2. The normalized spacial score (nSPS) is 15.7. The van der Waals surface area contributed by atoms with Crippen LogP contribution in [0, 0.1) is 12.8 Å². The largest absolute Gasteiger partial charge is 0.493 e. The Hall–Kier alpha value is -1.55. The summed E-state index contributed by atoms with van der Waals surface area (Å²) in [5, 5.41) is 5.71. The van der Waals surface area contributed by atoms with E-state index in [4.69, 9.17) is 4.74 Å². The van der Waals surface area contributed by atoms with E-state index in [0.29, 0.717) is 12.5 Å². The Bertz CT molecular complexity index is 468. The van der Waals surface area contributed by atoms with Gasteiger partial charge in [0.1, 0.15) is 5.75 Å². The number of nitrogens with one attached hydrogen (secondary N) is 2. The zero-order valence-corrected chi connectivity index (χ0v) is 13.1. The molecule has 116 valence electrons. The third-order valence-electron chi connectivity index (χ3n) is 4.01. The molecule has 0 atom stereocenters. The van der Waals surface area contributed by atoms with E-state index in [1.807, 2.05) is 25.1 Å².